The third-order valence-electron chi connectivity index (χ3n) is 7.18. The average Bonchev–Trinajstić information content (AvgIpc) is 3.38. The number of rotatable bonds is 5. The number of nitrogens with one attached hydrogen (secondary N) is 3. The number of benzene rings is 2. The third kappa shape index (κ3) is 5.44. The number of aromatic amines is 1. The maximum atomic E-state index is 13.5. The molecule has 11 heteroatoms. The first-order chi connectivity index (χ1) is 19.2. The molecule has 2 aromatic carbocycles. The number of carbonyl (C=O) groups excluding carboxylic acids is 1. The first kappa shape index (κ1) is 26.1. The van der Waals surface area contributed by atoms with Crippen molar-refractivity contribution in [2.24, 2.45) is 0 Å². The summed E-state index contributed by atoms with van der Waals surface area (Å²) in [6, 6.07) is 14.7. The van der Waals surface area contributed by atoms with Crippen LogP contribution in [-0.4, -0.2) is 37.9 Å². The molecule has 0 unspecified atom stereocenters. The van der Waals surface area contributed by atoms with Crippen LogP contribution in [0.4, 0.5) is 18.9 Å². The molecule has 7 nitrogen and oxygen atoms in total. The minimum absolute atomic E-state index is 0.0397. The molecule has 0 saturated heterocycles. The second-order valence-corrected chi connectivity index (χ2v) is 10.4. The van der Waals surface area contributed by atoms with Crippen molar-refractivity contribution in [3.8, 4) is 11.4 Å². The van der Waals surface area contributed by atoms with Crippen LogP contribution >= 0.6 is 11.6 Å². The zero-order chi connectivity index (χ0) is 27.9. The molecule has 1 aliphatic carbocycles. The number of hydrogen-bond donors (Lipinski definition) is 3. The van der Waals surface area contributed by atoms with E-state index < -0.39 is 11.9 Å². The summed E-state index contributed by atoms with van der Waals surface area (Å²) < 4.78 is 40.4. The number of alkyl halides is 3. The van der Waals surface area contributed by atoms with Crippen LogP contribution in [-0.2, 0) is 6.18 Å². The van der Waals surface area contributed by atoms with Crippen molar-refractivity contribution in [3.63, 3.8) is 0 Å². The van der Waals surface area contributed by atoms with Gasteiger partial charge in [-0.2, -0.15) is 13.2 Å². The fourth-order valence-corrected chi connectivity index (χ4v) is 5.30. The molecule has 0 spiro atoms. The molecule has 6 rings (SSSR count). The highest BCUT2D eigenvalue weighted by atomic mass is 35.5. The van der Waals surface area contributed by atoms with Crippen molar-refractivity contribution in [2.75, 3.05) is 5.32 Å². The summed E-state index contributed by atoms with van der Waals surface area (Å²) in [5.41, 5.74) is 2.56. The maximum absolute atomic E-state index is 13.5. The van der Waals surface area contributed by atoms with E-state index >= 15 is 0 Å². The Morgan fingerprint density at radius 2 is 1.65 bits per heavy atom. The quantitative estimate of drug-likeness (QED) is 0.214. The van der Waals surface area contributed by atoms with E-state index in [1.165, 1.54) is 12.1 Å². The number of hydrogen-bond acceptors (Lipinski definition) is 5. The molecule has 0 aliphatic heterocycles. The molecule has 0 atom stereocenters. The van der Waals surface area contributed by atoms with Gasteiger partial charge in [-0.1, -0.05) is 11.6 Å². The van der Waals surface area contributed by atoms with Crippen LogP contribution in [0.2, 0.25) is 5.02 Å². The van der Waals surface area contributed by atoms with Crippen molar-refractivity contribution >= 4 is 45.1 Å². The minimum atomic E-state index is -4.56. The summed E-state index contributed by atoms with van der Waals surface area (Å²) in [4.78, 5) is 28.7. The number of amides is 1. The summed E-state index contributed by atoms with van der Waals surface area (Å²) >= 11 is 6.12. The molecule has 1 fully saturated rings. The Labute approximate surface area is 232 Å². The number of nitrogens with zero attached hydrogens (tertiary/aromatic N) is 3. The van der Waals surface area contributed by atoms with Crippen LogP contribution < -0.4 is 10.6 Å². The summed E-state index contributed by atoms with van der Waals surface area (Å²) in [5.74, 6) is 0.517. The molecule has 1 amide bonds. The molecule has 3 aromatic heterocycles. The van der Waals surface area contributed by atoms with Crippen LogP contribution in [0.3, 0.4) is 0 Å². The SMILES string of the molecule is O=C(NC1CCC(Nc2cc(C(F)(F)F)nc3ccc(Cl)cc23)CC1)c1ccc2[nH]c(-c3ccncc3)nc2c1. The van der Waals surface area contributed by atoms with Gasteiger partial charge in [0.15, 0.2) is 0 Å². The second kappa shape index (κ2) is 10.4. The first-order valence-electron chi connectivity index (χ1n) is 12.9. The van der Waals surface area contributed by atoms with Gasteiger partial charge in [0.05, 0.1) is 16.6 Å². The lowest BCUT2D eigenvalue weighted by molar-refractivity contribution is -0.140. The van der Waals surface area contributed by atoms with Gasteiger partial charge in [-0.3, -0.25) is 9.78 Å². The van der Waals surface area contributed by atoms with Crippen LogP contribution in [0.5, 0.6) is 0 Å². The standard InChI is InChI=1S/C29H24ClF3N6O/c30-18-2-8-22-21(14-18)24(15-26(37-22)29(31,32)33)35-19-3-5-20(6-4-19)36-28(40)17-1-7-23-25(13-17)39-27(38-23)16-9-11-34-12-10-16/h1-2,7-15,19-20H,3-6H2,(H,35,37)(H,36,40)(H,38,39). The number of carbonyl (C=O) groups is 1. The summed E-state index contributed by atoms with van der Waals surface area (Å²) in [6.45, 7) is 0. The Kier molecular flexibility index (Phi) is 6.79. The van der Waals surface area contributed by atoms with Crippen LogP contribution in [0.15, 0.2) is 67.0 Å². The van der Waals surface area contributed by atoms with Crippen molar-refractivity contribution in [2.45, 2.75) is 43.9 Å². The van der Waals surface area contributed by atoms with E-state index in [0.29, 0.717) is 58.7 Å². The van der Waals surface area contributed by atoms with E-state index in [1.54, 1.807) is 30.6 Å². The number of halogens is 4. The Hall–Kier alpha value is -4.18. The minimum Gasteiger partial charge on any atom is -0.382 e. The van der Waals surface area contributed by atoms with Gasteiger partial charge >= 0.3 is 6.18 Å². The van der Waals surface area contributed by atoms with Crippen molar-refractivity contribution in [3.05, 3.63) is 83.3 Å². The Morgan fingerprint density at radius 3 is 2.40 bits per heavy atom. The molecule has 40 heavy (non-hydrogen) atoms. The van der Waals surface area contributed by atoms with E-state index in [4.69, 9.17) is 11.6 Å². The van der Waals surface area contributed by atoms with E-state index in [0.717, 1.165) is 17.1 Å². The average molecular weight is 565 g/mol. The van der Waals surface area contributed by atoms with Crippen molar-refractivity contribution in [1.82, 2.24) is 25.3 Å². The number of aromatic nitrogens is 4. The molecule has 0 bridgehead atoms. The second-order valence-electron chi connectivity index (χ2n) is 9.93. The van der Waals surface area contributed by atoms with Crippen LogP contribution in [0, 0.1) is 0 Å². The lowest BCUT2D eigenvalue weighted by Crippen LogP contribution is -2.40. The maximum Gasteiger partial charge on any atom is 0.433 e. The van der Waals surface area contributed by atoms with Gasteiger partial charge in [0.2, 0.25) is 0 Å². The predicted molar refractivity (Wildman–Crippen MR) is 148 cm³/mol. The lowest BCUT2D eigenvalue weighted by atomic mass is 9.90. The van der Waals surface area contributed by atoms with Crippen molar-refractivity contribution < 1.29 is 18.0 Å². The van der Waals surface area contributed by atoms with Crippen molar-refractivity contribution in [1.29, 1.82) is 0 Å². The summed E-state index contributed by atoms with van der Waals surface area (Å²) in [7, 11) is 0. The van der Waals surface area contributed by atoms with E-state index in [2.05, 4.69) is 30.6 Å². The molecular weight excluding hydrogens is 541 g/mol. The molecular formula is C29H24ClF3N6O. The Balaban J connectivity index is 1.11. The zero-order valence-electron chi connectivity index (χ0n) is 21.1. The fraction of sp³-hybridized carbons (Fsp3) is 0.241. The predicted octanol–water partition coefficient (Wildman–Crippen LogP) is 7.00. The molecule has 3 heterocycles. The van der Waals surface area contributed by atoms with Crippen LogP contribution in [0.25, 0.3) is 33.3 Å². The van der Waals surface area contributed by atoms with E-state index in [9.17, 15) is 18.0 Å². The monoisotopic (exact) mass is 564 g/mol. The smallest absolute Gasteiger partial charge is 0.382 e. The molecule has 1 saturated carbocycles. The molecule has 204 valence electrons. The fourth-order valence-electron chi connectivity index (χ4n) is 5.13. The van der Waals surface area contributed by atoms with Gasteiger partial charge < -0.3 is 15.6 Å². The van der Waals surface area contributed by atoms with Gasteiger partial charge in [-0.25, -0.2) is 9.97 Å². The molecule has 1 aliphatic rings. The largest absolute Gasteiger partial charge is 0.433 e. The van der Waals surface area contributed by atoms with Crippen LogP contribution in [0.1, 0.15) is 41.7 Å². The Bertz CT molecular complexity index is 1700. The van der Waals surface area contributed by atoms with Gasteiger partial charge in [-0.15, -0.1) is 0 Å². The topological polar surface area (TPSA) is 95.6 Å². The number of imidazole rings is 1. The first-order valence-corrected chi connectivity index (χ1v) is 13.3. The molecule has 5 aromatic rings. The highest BCUT2D eigenvalue weighted by Gasteiger charge is 2.34. The highest BCUT2D eigenvalue weighted by molar-refractivity contribution is 6.31. The molecule has 0 radical (unpaired) electrons. The number of pyridine rings is 2. The lowest BCUT2D eigenvalue weighted by Gasteiger charge is -2.30. The normalized spacial score (nSPS) is 17.7. The van der Waals surface area contributed by atoms with Gasteiger partial charge in [0.1, 0.15) is 11.5 Å². The highest BCUT2D eigenvalue weighted by Crippen LogP contribution is 2.35. The molecule has 3 N–H and O–H groups in total. The summed E-state index contributed by atoms with van der Waals surface area (Å²) in [5, 5.41) is 7.34. The number of fused-ring (bicyclic) bond motifs is 2. The van der Waals surface area contributed by atoms with E-state index in [-0.39, 0.29) is 23.5 Å². The van der Waals surface area contributed by atoms with Gasteiger partial charge in [0, 0.05) is 51.7 Å². The Morgan fingerprint density at radius 1 is 0.900 bits per heavy atom. The van der Waals surface area contributed by atoms with Gasteiger partial charge in [0.25, 0.3) is 5.91 Å². The number of H-pyrrole nitrogens is 1. The van der Waals surface area contributed by atoms with E-state index in [1.807, 2.05) is 18.2 Å². The summed E-state index contributed by atoms with van der Waals surface area (Å²) in [6.07, 6.45) is 1.58. The third-order valence-corrected chi connectivity index (χ3v) is 7.42. The number of anilines is 1. The van der Waals surface area contributed by atoms with Gasteiger partial charge in [-0.05, 0) is 80.3 Å². The zero-order valence-corrected chi connectivity index (χ0v) is 21.9.